The van der Waals surface area contributed by atoms with Crippen molar-refractivity contribution < 1.29 is 14.6 Å². The van der Waals surface area contributed by atoms with E-state index in [1.165, 1.54) is 0 Å². The van der Waals surface area contributed by atoms with Gasteiger partial charge in [0.2, 0.25) is 5.95 Å². The largest absolute Gasteiger partial charge is 0.481 e. The third-order valence-corrected chi connectivity index (χ3v) is 2.97. The van der Waals surface area contributed by atoms with Crippen LogP contribution in [0, 0.1) is 11.8 Å². The van der Waals surface area contributed by atoms with Crippen LogP contribution >= 0.6 is 0 Å². The first kappa shape index (κ1) is 11.8. The molecule has 92 valence electrons. The predicted molar refractivity (Wildman–Crippen MR) is 60.7 cm³/mol. The number of carboxylic acid groups (broad SMARTS) is 1. The number of carbonyl (C=O) groups is 1. The number of hydrogen-bond donors (Lipinski definition) is 1. The lowest BCUT2D eigenvalue weighted by atomic mass is 9.97. The summed E-state index contributed by atoms with van der Waals surface area (Å²) in [6, 6.07) is 1.74. The van der Waals surface area contributed by atoms with E-state index in [2.05, 4.69) is 9.97 Å². The molecule has 2 rings (SSSR count). The maximum atomic E-state index is 11.1. The van der Waals surface area contributed by atoms with E-state index in [-0.39, 0.29) is 5.92 Å². The first-order valence-electron chi connectivity index (χ1n) is 5.46. The molecular formula is C11H15N3O3. The van der Waals surface area contributed by atoms with Gasteiger partial charge in [0.25, 0.3) is 0 Å². The number of aliphatic carboxylic acids is 1. The van der Waals surface area contributed by atoms with Gasteiger partial charge in [-0.25, -0.2) is 9.97 Å². The van der Waals surface area contributed by atoms with Crippen molar-refractivity contribution in [2.24, 2.45) is 11.8 Å². The second-order valence-corrected chi connectivity index (χ2v) is 4.11. The molecule has 0 radical (unpaired) electrons. The van der Waals surface area contributed by atoms with Gasteiger partial charge in [0.05, 0.1) is 12.5 Å². The number of carboxylic acids is 1. The second-order valence-electron chi connectivity index (χ2n) is 4.11. The predicted octanol–water partition coefficient (Wildman–Crippen LogP) is 0.260. The van der Waals surface area contributed by atoms with E-state index in [0.29, 0.717) is 25.6 Å². The maximum absolute atomic E-state index is 11.1. The molecule has 1 aromatic rings. The van der Waals surface area contributed by atoms with E-state index in [9.17, 15) is 4.79 Å². The molecule has 0 amide bonds. The average molecular weight is 237 g/mol. The molecule has 2 atom stereocenters. The molecule has 17 heavy (non-hydrogen) atoms. The van der Waals surface area contributed by atoms with Gasteiger partial charge in [-0.15, -0.1) is 0 Å². The fourth-order valence-corrected chi connectivity index (χ4v) is 2.15. The highest BCUT2D eigenvalue weighted by Gasteiger charge is 2.38. The molecule has 6 nitrogen and oxygen atoms in total. The summed E-state index contributed by atoms with van der Waals surface area (Å²) < 4.78 is 5.06. The van der Waals surface area contributed by atoms with E-state index in [4.69, 9.17) is 9.84 Å². The molecule has 2 heterocycles. The molecular weight excluding hydrogens is 222 g/mol. The summed E-state index contributed by atoms with van der Waals surface area (Å²) in [4.78, 5) is 21.3. The lowest BCUT2D eigenvalue weighted by molar-refractivity contribution is -0.142. The van der Waals surface area contributed by atoms with Crippen LogP contribution in [0.3, 0.4) is 0 Å². The summed E-state index contributed by atoms with van der Waals surface area (Å²) in [6.45, 7) is 1.50. The Kier molecular flexibility index (Phi) is 3.53. The molecule has 0 spiro atoms. The van der Waals surface area contributed by atoms with Gasteiger partial charge in [-0.05, 0) is 6.07 Å². The van der Waals surface area contributed by atoms with Crippen molar-refractivity contribution in [2.45, 2.75) is 0 Å². The molecule has 1 N–H and O–H groups in total. The van der Waals surface area contributed by atoms with Gasteiger partial charge in [-0.1, -0.05) is 0 Å². The number of rotatable bonds is 4. The van der Waals surface area contributed by atoms with Gasteiger partial charge in [-0.3, -0.25) is 4.79 Å². The monoisotopic (exact) mass is 237 g/mol. The highest BCUT2D eigenvalue weighted by molar-refractivity contribution is 5.72. The summed E-state index contributed by atoms with van der Waals surface area (Å²) in [7, 11) is 1.58. The number of anilines is 1. The fraction of sp³-hybridized carbons (Fsp3) is 0.545. The zero-order valence-corrected chi connectivity index (χ0v) is 9.61. The van der Waals surface area contributed by atoms with E-state index in [1.54, 1.807) is 25.6 Å². The highest BCUT2D eigenvalue weighted by Crippen LogP contribution is 2.26. The van der Waals surface area contributed by atoms with Gasteiger partial charge in [-0.2, -0.15) is 0 Å². The van der Waals surface area contributed by atoms with E-state index in [1.807, 2.05) is 4.90 Å². The molecule has 6 heteroatoms. The average Bonchev–Trinajstić information content (AvgIpc) is 2.75. The molecule has 1 aliphatic rings. The maximum Gasteiger partial charge on any atom is 0.308 e. The van der Waals surface area contributed by atoms with Crippen LogP contribution < -0.4 is 4.90 Å². The van der Waals surface area contributed by atoms with Crippen LogP contribution in [0.1, 0.15) is 0 Å². The molecule has 0 saturated carbocycles. The van der Waals surface area contributed by atoms with Gasteiger partial charge in [0.1, 0.15) is 0 Å². The third-order valence-electron chi connectivity index (χ3n) is 2.97. The Morgan fingerprint density at radius 2 is 2.24 bits per heavy atom. The lowest BCUT2D eigenvalue weighted by Gasteiger charge is -2.14. The van der Waals surface area contributed by atoms with E-state index in [0.717, 1.165) is 0 Å². The molecule has 1 aromatic heterocycles. The van der Waals surface area contributed by atoms with E-state index < -0.39 is 11.9 Å². The Labute approximate surface area is 99.2 Å². The van der Waals surface area contributed by atoms with Crippen molar-refractivity contribution in [3.8, 4) is 0 Å². The second kappa shape index (κ2) is 5.09. The van der Waals surface area contributed by atoms with Crippen LogP contribution in [0.4, 0.5) is 5.95 Å². The van der Waals surface area contributed by atoms with Gasteiger partial charge in [0, 0.05) is 38.5 Å². The summed E-state index contributed by atoms with van der Waals surface area (Å²) >= 11 is 0. The van der Waals surface area contributed by atoms with Crippen molar-refractivity contribution in [1.29, 1.82) is 0 Å². The minimum Gasteiger partial charge on any atom is -0.481 e. The van der Waals surface area contributed by atoms with Gasteiger partial charge in [0.15, 0.2) is 0 Å². The van der Waals surface area contributed by atoms with Gasteiger partial charge < -0.3 is 14.7 Å². The summed E-state index contributed by atoms with van der Waals surface area (Å²) in [5.74, 6) is -0.636. The van der Waals surface area contributed by atoms with Crippen LogP contribution in [0.2, 0.25) is 0 Å². The Bertz CT molecular complexity index is 385. The van der Waals surface area contributed by atoms with Gasteiger partial charge >= 0.3 is 5.97 Å². The molecule has 1 fully saturated rings. The number of hydrogen-bond acceptors (Lipinski definition) is 5. The van der Waals surface area contributed by atoms with Crippen LogP contribution in [0.15, 0.2) is 18.5 Å². The Morgan fingerprint density at radius 3 is 2.82 bits per heavy atom. The smallest absolute Gasteiger partial charge is 0.308 e. The number of methoxy groups -OCH3 is 1. The standard InChI is InChI=1S/C11H15N3O3/c1-17-7-8-5-14(6-9(8)10(15)16)11-12-3-2-4-13-11/h2-4,8-9H,5-7H2,1H3,(H,15,16). The molecule has 0 aromatic carbocycles. The fourth-order valence-electron chi connectivity index (χ4n) is 2.15. The van der Waals surface area contributed by atoms with Crippen molar-refractivity contribution in [3.63, 3.8) is 0 Å². The zero-order chi connectivity index (χ0) is 12.3. The topological polar surface area (TPSA) is 75.5 Å². The zero-order valence-electron chi connectivity index (χ0n) is 9.61. The summed E-state index contributed by atoms with van der Waals surface area (Å²) in [5, 5.41) is 9.15. The highest BCUT2D eigenvalue weighted by atomic mass is 16.5. The molecule has 0 aliphatic carbocycles. The first-order chi connectivity index (χ1) is 8.22. The minimum atomic E-state index is -0.787. The quantitative estimate of drug-likeness (QED) is 0.809. The molecule has 1 aliphatic heterocycles. The lowest BCUT2D eigenvalue weighted by Crippen LogP contribution is -2.25. The number of aromatic nitrogens is 2. The first-order valence-corrected chi connectivity index (χ1v) is 5.46. The SMILES string of the molecule is COCC1CN(c2ncccn2)CC1C(=O)O. The number of ether oxygens (including phenoxy) is 1. The van der Waals surface area contributed by atoms with Crippen molar-refractivity contribution in [3.05, 3.63) is 18.5 Å². The van der Waals surface area contributed by atoms with Crippen LogP contribution in [0.25, 0.3) is 0 Å². The number of nitrogens with zero attached hydrogens (tertiary/aromatic N) is 3. The normalized spacial score (nSPS) is 23.9. The molecule has 2 unspecified atom stereocenters. The minimum absolute atomic E-state index is 0.0127. The van der Waals surface area contributed by atoms with Crippen LogP contribution in [-0.4, -0.2) is 47.8 Å². The molecule has 0 bridgehead atoms. The summed E-state index contributed by atoms with van der Waals surface area (Å²) in [5.41, 5.74) is 0. The Balaban J connectivity index is 2.11. The van der Waals surface area contributed by atoms with Crippen LogP contribution in [0.5, 0.6) is 0 Å². The van der Waals surface area contributed by atoms with Crippen LogP contribution in [-0.2, 0) is 9.53 Å². The van der Waals surface area contributed by atoms with Crippen molar-refractivity contribution in [2.75, 3.05) is 31.7 Å². The Morgan fingerprint density at radius 1 is 1.53 bits per heavy atom. The van der Waals surface area contributed by atoms with Crippen molar-refractivity contribution in [1.82, 2.24) is 9.97 Å². The van der Waals surface area contributed by atoms with Crippen molar-refractivity contribution >= 4 is 11.9 Å². The summed E-state index contributed by atoms with van der Waals surface area (Å²) in [6.07, 6.45) is 3.31. The Hall–Kier alpha value is -1.69. The molecule has 1 saturated heterocycles. The third kappa shape index (κ3) is 2.52. The van der Waals surface area contributed by atoms with E-state index >= 15 is 0 Å².